The second-order valence-corrected chi connectivity index (χ2v) is 9.40. The van der Waals surface area contributed by atoms with Crippen LogP contribution in [0.25, 0.3) is 21.1 Å². The van der Waals surface area contributed by atoms with Gasteiger partial charge in [-0.2, -0.15) is 0 Å². The van der Waals surface area contributed by atoms with E-state index in [1.807, 2.05) is 18.2 Å². The lowest BCUT2D eigenvalue weighted by Gasteiger charge is -2.09. The van der Waals surface area contributed by atoms with E-state index in [9.17, 15) is 4.79 Å². The van der Waals surface area contributed by atoms with Crippen molar-refractivity contribution in [3.05, 3.63) is 53.1 Å². The van der Waals surface area contributed by atoms with E-state index in [1.165, 1.54) is 33.4 Å². The molecule has 0 spiro atoms. The van der Waals surface area contributed by atoms with Crippen molar-refractivity contribution in [1.82, 2.24) is 9.97 Å². The van der Waals surface area contributed by atoms with Crippen LogP contribution < -0.4 is 10.1 Å². The van der Waals surface area contributed by atoms with Gasteiger partial charge in [0.2, 0.25) is 5.91 Å². The van der Waals surface area contributed by atoms with Crippen LogP contribution in [0.2, 0.25) is 0 Å². The number of hydrogen-bond donors (Lipinski definition) is 1. The molecule has 30 heavy (non-hydrogen) atoms. The molecule has 154 valence electrons. The van der Waals surface area contributed by atoms with Crippen LogP contribution in [0.15, 0.2) is 41.4 Å². The number of anilines is 1. The Hall–Kier alpha value is -2.64. The third-order valence-corrected chi connectivity index (χ3v) is 6.70. The van der Waals surface area contributed by atoms with E-state index in [4.69, 9.17) is 9.72 Å². The molecule has 1 N–H and O–H groups in total. The lowest BCUT2D eigenvalue weighted by Crippen LogP contribution is -2.11. The molecule has 0 fully saturated rings. The summed E-state index contributed by atoms with van der Waals surface area (Å²) in [6.45, 7) is 6.31. The zero-order chi connectivity index (χ0) is 21.3. The molecule has 0 unspecified atom stereocenters. The number of aromatic nitrogens is 2. The molecule has 5 nitrogen and oxygen atoms in total. The fourth-order valence-electron chi connectivity index (χ4n) is 3.40. The van der Waals surface area contributed by atoms with Crippen LogP contribution in [0.5, 0.6) is 5.75 Å². The van der Waals surface area contributed by atoms with Crippen molar-refractivity contribution < 1.29 is 9.53 Å². The fourth-order valence-corrected chi connectivity index (χ4v) is 5.23. The number of aryl methyl sites for hydroxylation is 3. The Kier molecular flexibility index (Phi) is 5.92. The van der Waals surface area contributed by atoms with Crippen molar-refractivity contribution in [3.8, 4) is 5.75 Å². The molecule has 2 heterocycles. The minimum absolute atomic E-state index is 0.0437. The van der Waals surface area contributed by atoms with Gasteiger partial charge < -0.3 is 10.1 Å². The molecule has 0 aliphatic heterocycles. The second-order valence-electron chi connectivity index (χ2n) is 7.25. The zero-order valence-corrected chi connectivity index (χ0v) is 19.0. The van der Waals surface area contributed by atoms with Crippen LogP contribution in [0, 0.1) is 20.8 Å². The number of nitrogens with zero attached hydrogens (tertiary/aromatic N) is 2. The molecule has 0 bridgehead atoms. The van der Waals surface area contributed by atoms with Gasteiger partial charge in [-0.15, -0.1) is 11.8 Å². The van der Waals surface area contributed by atoms with Crippen LogP contribution in [0.4, 0.5) is 5.13 Å². The van der Waals surface area contributed by atoms with Gasteiger partial charge in [-0.05, 0) is 62.2 Å². The van der Waals surface area contributed by atoms with Gasteiger partial charge in [0.1, 0.15) is 5.75 Å². The summed E-state index contributed by atoms with van der Waals surface area (Å²) in [6, 6.07) is 12.1. The van der Waals surface area contributed by atoms with Crippen molar-refractivity contribution >= 4 is 55.3 Å². The number of benzene rings is 2. The number of ether oxygens (including phenoxy) is 1. The number of hydrogen-bond acceptors (Lipinski definition) is 6. The number of nitrogens with one attached hydrogen (secondary N) is 1. The highest BCUT2D eigenvalue weighted by Crippen LogP contribution is 2.30. The summed E-state index contributed by atoms with van der Waals surface area (Å²) in [7, 11) is 1.64. The molecule has 0 saturated heterocycles. The first kappa shape index (κ1) is 20.6. The largest absolute Gasteiger partial charge is 0.497 e. The number of rotatable bonds is 6. The summed E-state index contributed by atoms with van der Waals surface area (Å²) < 4.78 is 6.23. The van der Waals surface area contributed by atoms with Gasteiger partial charge in [-0.1, -0.05) is 23.0 Å². The number of methoxy groups -OCH3 is 1. The average molecular weight is 438 g/mol. The number of pyridine rings is 1. The third kappa shape index (κ3) is 4.42. The number of amides is 1. The van der Waals surface area contributed by atoms with Gasteiger partial charge in [0.25, 0.3) is 0 Å². The Bertz CT molecular complexity index is 1250. The van der Waals surface area contributed by atoms with Crippen LogP contribution in [-0.4, -0.2) is 28.7 Å². The second kappa shape index (κ2) is 8.62. The van der Waals surface area contributed by atoms with Crippen molar-refractivity contribution in [2.24, 2.45) is 0 Å². The maximum atomic E-state index is 12.4. The molecular formula is C23H23N3O2S2. The number of thiazole rings is 1. The van der Waals surface area contributed by atoms with Gasteiger partial charge in [-0.25, -0.2) is 9.97 Å². The number of carbonyl (C=O) groups is 1. The summed E-state index contributed by atoms with van der Waals surface area (Å²) >= 11 is 3.05. The fraction of sp³-hybridized carbons (Fsp3) is 0.261. The Morgan fingerprint density at radius 2 is 1.93 bits per heavy atom. The molecule has 0 aliphatic carbocycles. The highest BCUT2D eigenvalue weighted by atomic mass is 32.2. The first-order chi connectivity index (χ1) is 14.4. The molecule has 0 aliphatic rings. The Balaban J connectivity index is 1.39. The number of carbonyl (C=O) groups excluding carboxylic acids is 1. The zero-order valence-electron chi connectivity index (χ0n) is 17.4. The quantitative estimate of drug-likeness (QED) is 0.381. The van der Waals surface area contributed by atoms with Gasteiger partial charge in [0.15, 0.2) is 5.13 Å². The van der Waals surface area contributed by atoms with Gasteiger partial charge in [-0.3, -0.25) is 4.79 Å². The molecule has 2 aromatic heterocycles. The monoisotopic (exact) mass is 437 g/mol. The minimum atomic E-state index is -0.0437. The summed E-state index contributed by atoms with van der Waals surface area (Å²) in [5.74, 6) is 1.40. The number of fused-ring (bicyclic) bond motifs is 2. The first-order valence-corrected chi connectivity index (χ1v) is 11.5. The predicted molar refractivity (Wildman–Crippen MR) is 126 cm³/mol. The molecule has 4 aromatic rings. The van der Waals surface area contributed by atoms with Crippen molar-refractivity contribution in [3.63, 3.8) is 0 Å². The Morgan fingerprint density at radius 3 is 2.73 bits per heavy atom. The summed E-state index contributed by atoms with van der Waals surface area (Å²) in [6.07, 6.45) is 0.398. The van der Waals surface area contributed by atoms with Crippen molar-refractivity contribution in [2.75, 3.05) is 18.2 Å². The number of thioether (sulfide) groups is 1. The van der Waals surface area contributed by atoms with E-state index in [2.05, 4.69) is 49.3 Å². The van der Waals surface area contributed by atoms with Gasteiger partial charge >= 0.3 is 0 Å². The molecule has 0 atom stereocenters. The van der Waals surface area contributed by atoms with E-state index in [0.717, 1.165) is 26.5 Å². The third-order valence-electron chi connectivity index (χ3n) is 4.85. The molecule has 2 aromatic carbocycles. The maximum absolute atomic E-state index is 12.4. The molecule has 1 amide bonds. The highest BCUT2D eigenvalue weighted by Gasteiger charge is 2.11. The Morgan fingerprint density at radius 1 is 1.10 bits per heavy atom. The van der Waals surface area contributed by atoms with Crippen LogP contribution in [0.3, 0.4) is 0 Å². The highest BCUT2D eigenvalue weighted by molar-refractivity contribution is 7.99. The molecule has 7 heteroatoms. The standard InChI is InChI=1S/C23H23N3O2S2/c1-13-9-15(3)22-17(10-13)14(2)11-21(26-22)29-8-7-20(27)25-23-24-18-6-5-16(28-4)12-19(18)30-23/h5-6,9-12H,7-8H2,1-4H3,(H,24,25,27). The van der Waals surface area contributed by atoms with E-state index >= 15 is 0 Å². The molecule has 4 rings (SSSR count). The van der Waals surface area contributed by atoms with Crippen LogP contribution in [0.1, 0.15) is 23.1 Å². The maximum Gasteiger partial charge on any atom is 0.226 e. The summed E-state index contributed by atoms with van der Waals surface area (Å²) in [5.41, 5.74) is 5.53. The van der Waals surface area contributed by atoms with Gasteiger partial charge in [0, 0.05) is 17.6 Å². The lowest BCUT2D eigenvalue weighted by atomic mass is 10.0. The minimum Gasteiger partial charge on any atom is -0.497 e. The summed E-state index contributed by atoms with van der Waals surface area (Å²) in [4.78, 5) is 21.7. The van der Waals surface area contributed by atoms with E-state index in [1.54, 1.807) is 18.9 Å². The molecular weight excluding hydrogens is 414 g/mol. The lowest BCUT2D eigenvalue weighted by molar-refractivity contribution is -0.115. The van der Waals surface area contributed by atoms with Gasteiger partial charge in [0.05, 0.1) is 27.9 Å². The molecule has 0 radical (unpaired) electrons. The average Bonchev–Trinajstić information content (AvgIpc) is 3.10. The summed E-state index contributed by atoms with van der Waals surface area (Å²) in [5, 5.41) is 5.66. The van der Waals surface area contributed by atoms with E-state index in [0.29, 0.717) is 17.3 Å². The van der Waals surface area contributed by atoms with Crippen LogP contribution in [-0.2, 0) is 4.79 Å². The van der Waals surface area contributed by atoms with E-state index < -0.39 is 0 Å². The normalized spacial score (nSPS) is 11.2. The molecule has 0 saturated carbocycles. The van der Waals surface area contributed by atoms with E-state index in [-0.39, 0.29) is 5.91 Å². The SMILES string of the molecule is COc1ccc2nc(NC(=O)CCSc3cc(C)c4cc(C)cc(C)c4n3)sc2c1. The van der Waals surface area contributed by atoms with Crippen molar-refractivity contribution in [1.29, 1.82) is 0 Å². The van der Waals surface area contributed by atoms with Crippen molar-refractivity contribution in [2.45, 2.75) is 32.2 Å². The Labute approximate surface area is 183 Å². The smallest absolute Gasteiger partial charge is 0.226 e. The predicted octanol–water partition coefficient (Wildman–Crippen LogP) is 5.90. The first-order valence-electron chi connectivity index (χ1n) is 9.69. The van der Waals surface area contributed by atoms with Crippen LogP contribution >= 0.6 is 23.1 Å². The topological polar surface area (TPSA) is 64.1 Å².